The van der Waals surface area contributed by atoms with Crippen molar-refractivity contribution in [3.8, 4) is 22.7 Å². The molecule has 0 spiro atoms. The summed E-state index contributed by atoms with van der Waals surface area (Å²) in [5, 5.41) is 7.73. The van der Waals surface area contributed by atoms with E-state index in [1.165, 1.54) is 5.56 Å². The Kier molecular flexibility index (Phi) is 5.90. The summed E-state index contributed by atoms with van der Waals surface area (Å²) in [7, 11) is 1.63. The van der Waals surface area contributed by atoms with Crippen LogP contribution < -0.4 is 10.1 Å². The van der Waals surface area contributed by atoms with Crippen LogP contribution in [0, 0.1) is 0 Å². The number of carbonyl (C=O) groups is 1. The van der Waals surface area contributed by atoms with Gasteiger partial charge in [0.05, 0.1) is 18.5 Å². The Balaban J connectivity index is 1.61. The summed E-state index contributed by atoms with van der Waals surface area (Å²) in [4.78, 5) is 13.0. The third kappa shape index (κ3) is 4.41. The monoisotopic (exact) mass is 397 g/mol. The molecule has 4 aromatic rings. The molecule has 1 amide bonds. The molecule has 0 aliphatic carbocycles. The molecular weight excluding hydrogens is 374 g/mol. The molecule has 5 heteroatoms. The minimum atomic E-state index is -0.156. The summed E-state index contributed by atoms with van der Waals surface area (Å²) in [6.45, 7) is 0.553. The minimum absolute atomic E-state index is 0.156. The van der Waals surface area contributed by atoms with E-state index in [9.17, 15) is 4.79 Å². The third-order valence-corrected chi connectivity index (χ3v) is 4.85. The number of nitrogens with zero attached hydrogens (tertiary/aromatic N) is 2. The first kappa shape index (κ1) is 19.5. The second kappa shape index (κ2) is 9.09. The van der Waals surface area contributed by atoms with E-state index in [1.54, 1.807) is 11.8 Å². The summed E-state index contributed by atoms with van der Waals surface area (Å²) in [6.07, 6.45) is 0.773. The predicted octanol–water partition coefficient (Wildman–Crippen LogP) is 4.52. The molecule has 0 saturated carbocycles. The number of rotatable bonds is 7. The fourth-order valence-electron chi connectivity index (χ4n) is 3.29. The van der Waals surface area contributed by atoms with Crippen molar-refractivity contribution in [3.05, 3.63) is 102 Å². The minimum Gasteiger partial charge on any atom is -0.497 e. The van der Waals surface area contributed by atoms with Gasteiger partial charge >= 0.3 is 0 Å². The quantitative estimate of drug-likeness (QED) is 0.499. The molecule has 1 aromatic heterocycles. The highest BCUT2D eigenvalue weighted by Crippen LogP contribution is 2.25. The molecule has 150 valence electrons. The van der Waals surface area contributed by atoms with Crippen LogP contribution >= 0.6 is 0 Å². The Morgan fingerprint density at radius 3 is 2.40 bits per heavy atom. The van der Waals surface area contributed by atoms with Crippen molar-refractivity contribution >= 4 is 5.91 Å². The van der Waals surface area contributed by atoms with Crippen LogP contribution in [0.2, 0.25) is 0 Å². The number of hydrogen-bond acceptors (Lipinski definition) is 3. The van der Waals surface area contributed by atoms with Gasteiger partial charge in [-0.2, -0.15) is 5.10 Å². The highest BCUT2D eigenvalue weighted by molar-refractivity contribution is 5.94. The molecule has 3 aromatic carbocycles. The standard InChI is InChI=1S/C25H23N3O2/c1-30-22-14-8-11-20(17-22)23-18-24(28(27-23)21-12-6-3-7-13-21)25(29)26-16-15-19-9-4-2-5-10-19/h2-14,17-18H,15-16H2,1H3,(H,26,29). The fraction of sp³-hybridized carbons (Fsp3) is 0.120. The second-order valence-electron chi connectivity index (χ2n) is 6.89. The van der Waals surface area contributed by atoms with Crippen molar-refractivity contribution in [1.29, 1.82) is 0 Å². The van der Waals surface area contributed by atoms with Crippen LogP contribution in [0.3, 0.4) is 0 Å². The number of para-hydroxylation sites is 1. The Hall–Kier alpha value is -3.86. The zero-order chi connectivity index (χ0) is 20.8. The molecule has 1 N–H and O–H groups in total. The first-order valence-corrected chi connectivity index (χ1v) is 9.86. The van der Waals surface area contributed by atoms with Crippen LogP contribution in [-0.2, 0) is 6.42 Å². The lowest BCUT2D eigenvalue weighted by Crippen LogP contribution is -2.27. The van der Waals surface area contributed by atoms with Gasteiger partial charge in [0.1, 0.15) is 11.4 Å². The number of nitrogens with one attached hydrogen (secondary N) is 1. The lowest BCUT2D eigenvalue weighted by molar-refractivity contribution is 0.0946. The second-order valence-corrected chi connectivity index (χ2v) is 6.89. The fourth-order valence-corrected chi connectivity index (χ4v) is 3.29. The number of carbonyl (C=O) groups excluding carboxylic acids is 1. The van der Waals surface area contributed by atoms with E-state index in [-0.39, 0.29) is 5.91 Å². The van der Waals surface area contributed by atoms with E-state index in [0.29, 0.717) is 17.9 Å². The van der Waals surface area contributed by atoms with Gasteiger partial charge in [0.25, 0.3) is 5.91 Å². The van der Waals surface area contributed by atoms with Gasteiger partial charge in [-0.25, -0.2) is 4.68 Å². The van der Waals surface area contributed by atoms with Gasteiger partial charge in [-0.05, 0) is 42.3 Å². The summed E-state index contributed by atoms with van der Waals surface area (Å²) in [6, 6.07) is 29.3. The largest absolute Gasteiger partial charge is 0.497 e. The average molecular weight is 397 g/mol. The first-order chi connectivity index (χ1) is 14.7. The van der Waals surface area contributed by atoms with E-state index in [4.69, 9.17) is 9.84 Å². The molecule has 0 bridgehead atoms. The van der Waals surface area contributed by atoms with E-state index in [1.807, 2.05) is 78.9 Å². The van der Waals surface area contributed by atoms with Crippen LogP contribution in [0.25, 0.3) is 16.9 Å². The maximum atomic E-state index is 13.0. The maximum absolute atomic E-state index is 13.0. The highest BCUT2D eigenvalue weighted by atomic mass is 16.5. The SMILES string of the molecule is COc1cccc(-c2cc(C(=O)NCCc3ccccc3)n(-c3ccccc3)n2)c1. The van der Waals surface area contributed by atoms with E-state index >= 15 is 0 Å². The normalized spacial score (nSPS) is 10.6. The average Bonchev–Trinajstić information content (AvgIpc) is 3.26. The highest BCUT2D eigenvalue weighted by Gasteiger charge is 2.17. The molecule has 0 aliphatic heterocycles. The first-order valence-electron chi connectivity index (χ1n) is 9.86. The van der Waals surface area contributed by atoms with Gasteiger partial charge in [-0.3, -0.25) is 4.79 Å². The van der Waals surface area contributed by atoms with E-state index < -0.39 is 0 Å². The topological polar surface area (TPSA) is 56.1 Å². The third-order valence-electron chi connectivity index (χ3n) is 4.85. The van der Waals surface area contributed by atoms with Gasteiger partial charge in [0, 0.05) is 12.1 Å². The van der Waals surface area contributed by atoms with Crippen LogP contribution in [0.5, 0.6) is 5.75 Å². The zero-order valence-electron chi connectivity index (χ0n) is 16.8. The molecule has 0 fully saturated rings. The number of amides is 1. The zero-order valence-corrected chi connectivity index (χ0v) is 16.8. The number of methoxy groups -OCH3 is 1. The van der Waals surface area contributed by atoms with Crippen LogP contribution in [0.15, 0.2) is 91.0 Å². The van der Waals surface area contributed by atoms with Crippen molar-refractivity contribution < 1.29 is 9.53 Å². The molecule has 5 nitrogen and oxygen atoms in total. The van der Waals surface area contributed by atoms with Crippen molar-refractivity contribution in [1.82, 2.24) is 15.1 Å². The maximum Gasteiger partial charge on any atom is 0.270 e. The molecule has 0 aliphatic rings. The summed E-state index contributed by atoms with van der Waals surface area (Å²) < 4.78 is 7.01. The van der Waals surface area contributed by atoms with Gasteiger partial charge < -0.3 is 10.1 Å². The van der Waals surface area contributed by atoms with Crippen molar-refractivity contribution in [2.75, 3.05) is 13.7 Å². The van der Waals surface area contributed by atoms with E-state index in [0.717, 1.165) is 23.4 Å². The Labute approximate surface area is 175 Å². The molecule has 30 heavy (non-hydrogen) atoms. The van der Waals surface area contributed by atoms with Crippen LogP contribution in [-0.4, -0.2) is 29.3 Å². The summed E-state index contributed by atoms with van der Waals surface area (Å²) in [5.41, 5.74) is 4.12. The number of benzene rings is 3. The molecule has 4 rings (SSSR count). The number of ether oxygens (including phenoxy) is 1. The molecule has 0 atom stereocenters. The summed E-state index contributed by atoms with van der Waals surface area (Å²) >= 11 is 0. The Morgan fingerprint density at radius 2 is 1.67 bits per heavy atom. The van der Waals surface area contributed by atoms with Crippen molar-refractivity contribution in [3.63, 3.8) is 0 Å². The Bertz CT molecular complexity index is 1120. The van der Waals surface area contributed by atoms with Gasteiger partial charge in [0.2, 0.25) is 0 Å². The molecular formula is C25H23N3O2. The van der Waals surface area contributed by atoms with Crippen LogP contribution in [0.1, 0.15) is 16.1 Å². The van der Waals surface area contributed by atoms with Crippen molar-refractivity contribution in [2.45, 2.75) is 6.42 Å². The summed E-state index contributed by atoms with van der Waals surface area (Å²) in [5.74, 6) is 0.590. The van der Waals surface area contributed by atoms with Gasteiger partial charge in [0.15, 0.2) is 0 Å². The molecule has 0 radical (unpaired) electrons. The number of hydrogen-bond donors (Lipinski definition) is 1. The number of aromatic nitrogens is 2. The lowest BCUT2D eigenvalue weighted by Gasteiger charge is -2.08. The van der Waals surface area contributed by atoms with Crippen LogP contribution in [0.4, 0.5) is 0 Å². The molecule has 0 unspecified atom stereocenters. The van der Waals surface area contributed by atoms with Gasteiger partial charge in [-0.1, -0.05) is 60.7 Å². The lowest BCUT2D eigenvalue weighted by atomic mass is 10.1. The molecule has 0 saturated heterocycles. The Morgan fingerprint density at radius 1 is 0.933 bits per heavy atom. The smallest absolute Gasteiger partial charge is 0.270 e. The predicted molar refractivity (Wildman–Crippen MR) is 118 cm³/mol. The van der Waals surface area contributed by atoms with Crippen molar-refractivity contribution in [2.24, 2.45) is 0 Å². The molecule has 1 heterocycles. The van der Waals surface area contributed by atoms with Gasteiger partial charge in [-0.15, -0.1) is 0 Å². The van der Waals surface area contributed by atoms with E-state index in [2.05, 4.69) is 17.4 Å².